The second kappa shape index (κ2) is 4.55. The molecule has 0 aromatic carbocycles. The van der Waals surface area contributed by atoms with Gasteiger partial charge in [-0.3, -0.25) is 4.68 Å². The number of aliphatic hydroxyl groups is 1. The molecule has 4 heteroatoms. The first kappa shape index (κ1) is 11.6. The molecule has 2 N–H and O–H groups in total. The first-order chi connectivity index (χ1) is 7.63. The normalized spacial score (nSPS) is 20.4. The zero-order valence-corrected chi connectivity index (χ0v) is 10.1. The van der Waals surface area contributed by atoms with Gasteiger partial charge in [0, 0.05) is 31.4 Å². The van der Waals surface area contributed by atoms with Gasteiger partial charge in [0.05, 0.1) is 11.8 Å². The van der Waals surface area contributed by atoms with Crippen LogP contribution in [0.2, 0.25) is 0 Å². The Balaban J connectivity index is 1.90. The van der Waals surface area contributed by atoms with E-state index < -0.39 is 5.60 Å². The van der Waals surface area contributed by atoms with Gasteiger partial charge in [0.1, 0.15) is 0 Å². The van der Waals surface area contributed by atoms with Gasteiger partial charge in [-0.2, -0.15) is 5.10 Å². The van der Waals surface area contributed by atoms with Gasteiger partial charge in [-0.1, -0.05) is 6.92 Å². The Bertz CT molecular complexity index is 344. The molecule has 90 valence electrons. The number of nitrogens with zero attached hydrogens (tertiary/aromatic N) is 2. The highest BCUT2D eigenvalue weighted by Crippen LogP contribution is 2.31. The Hall–Kier alpha value is -0.870. The van der Waals surface area contributed by atoms with Gasteiger partial charge in [0.2, 0.25) is 0 Å². The first-order valence-corrected chi connectivity index (χ1v) is 6.07. The topological polar surface area (TPSA) is 50.1 Å². The highest BCUT2D eigenvalue weighted by Gasteiger charge is 2.34. The van der Waals surface area contributed by atoms with Gasteiger partial charge in [0.25, 0.3) is 0 Å². The quantitative estimate of drug-likeness (QED) is 0.793. The molecule has 4 nitrogen and oxygen atoms in total. The molecule has 0 aliphatic heterocycles. The van der Waals surface area contributed by atoms with Crippen molar-refractivity contribution in [3.05, 3.63) is 18.0 Å². The van der Waals surface area contributed by atoms with E-state index in [9.17, 15) is 5.11 Å². The summed E-state index contributed by atoms with van der Waals surface area (Å²) in [6, 6.07) is 0.304. The summed E-state index contributed by atoms with van der Waals surface area (Å²) in [6.45, 7) is 2.84. The van der Waals surface area contributed by atoms with Crippen molar-refractivity contribution in [2.45, 2.75) is 44.2 Å². The number of aromatic nitrogens is 2. The zero-order chi connectivity index (χ0) is 11.6. The molecule has 1 heterocycles. The predicted molar refractivity (Wildman–Crippen MR) is 63.0 cm³/mol. The van der Waals surface area contributed by atoms with Crippen LogP contribution < -0.4 is 5.32 Å². The summed E-state index contributed by atoms with van der Waals surface area (Å²) in [5, 5.41) is 17.6. The molecular weight excluding hydrogens is 202 g/mol. The Morgan fingerprint density at radius 1 is 1.62 bits per heavy atom. The second-order valence-corrected chi connectivity index (χ2v) is 4.87. The third-order valence-corrected chi connectivity index (χ3v) is 3.50. The molecule has 1 aromatic rings. The molecule has 0 amide bonds. The average Bonchev–Trinajstić information content (AvgIpc) is 2.63. The number of hydrogen-bond acceptors (Lipinski definition) is 3. The lowest BCUT2D eigenvalue weighted by molar-refractivity contribution is -0.0333. The van der Waals surface area contributed by atoms with E-state index in [-0.39, 0.29) is 0 Å². The monoisotopic (exact) mass is 223 g/mol. The fourth-order valence-corrected chi connectivity index (χ4v) is 2.19. The van der Waals surface area contributed by atoms with Crippen LogP contribution in [0.1, 0.15) is 44.2 Å². The summed E-state index contributed by atoms with van der Waals surface area (Å²) in [5.74, 6) is 0. The maximum absolute atomic E-state index is 10.0. The number of aryl methyl sites for hydroxylation is 1. The second-order valence-electron chi connectivity index (χ2n) is 4.87. The van der Waals surface area contributed by atoms with Crippen molar-refractivity contribution < 1.29 is 5.11 Å². The lowest BCUT2D eigenvalue weighted by Crippen LogP contribution is -2.47. The van der Waals surface area contributed by atoms with Crippen molar-refractivity contribution >= 4 is 0 Å². The highest BCUT2D eigenvalue weighted by atomic mass is 16.3. The van der Waals surface area contributed by atoms with Crippen molar-refractivity contribution in [2.24, 2.45) is 7.05 Å². The van der Waals surface area contributed by atoms with Crippen LogP contribution in [0, 0.1) is 0 Å². The van der Waals surface area contributed by atoms with Crippen LogP contribution in [-0.4, -0.2) is 27.0 Å². The third kappa shape index (κ3) is 2.44. The molecule has 0 bridgehead atoms. The molecule has 1 aromatic heterocycles. The van der Waals surface area contributed by atoms with Gasteiger partial charge in [-0.05, 0) is 25.7 Å². The van der Waals surface area contributed by atoms with Gasteiger partial charge in [0.15, 0.2) is 0 Å². The van der Waals surface area contributed by atoms with E-state index in [1.807, 2.05) is 24.1 Å². The fourth-order valence-electron chi connectivity index (χ4n) is 2.19. The molecule has 0 radical (unpaired) electrons. The predicted octanol–water partition coefficient (Wildman–Crippen LogP) is 1.38. The summed E-state index contributed by atoms with van der Waals surface area (Å²) in [6.07, 6.45) is 7.97. The molecule has 2 rings (SSSR count). The first-order valence-electron chi connectivity index (χ1n) is 6.07. The fraction of sp³-hybridized carbons (Fsp3) is 0.750. The summed E-state index contributed by atoms with van der Waals surface area (Å²) in [5.41, 5.74) is 0.753. The summed E-state index contributed by atoms with van der Waals surface area (Å²) in [4.78, 5) is 0. The van der Waals surface area contributed by atoms with Crippen molar-refractivity contribution in [1.82, 2.24) is 15.1 Å². The maximum atomic E-state index is 10.0. The van der Waals surface area contributed by atoms with Crippen LogP contribution in [0.15, 0.2) is 12.4 Å². The van der Waals surface area contributed by atoms with Crippen molar-refractivity contribution in [3.8, 4) is 0 Å². The summed E-state index contributed by atoms with van der Waals surface area (Å²) < 4.78 is 1.82. The molecule has 16 heavy (non-hydrogen) atoms. The molecule has 0 saturated heterocycles. The molecule has 1 unspecified atom stereocenters. The van der Waals surface area contributed by atoms with Crippen LogP contribution >= 0.6 is 0 Å². The van der Waals surface area contributed by atoms with Crippen LogP contribution in [0.3, 0.4) is 0 Å². The van der Waals surface area contributed by atoms with E-state index in [4.69, 9.17) is 0 Å². The van der Waals surface area contributed by atoms with Gasteiger partial charge in [-0.25, -0.2) is 0 Å². The van der Waals surface area contributed by atoms with Crippen LogP contribution in [0.25, 0.3) is 0 Å². The number of rotatable bonds is 5. The minimum Gasteiger partial charge on any atom is -0.389 e. The van der Waals surface area contributed by atoms with E-state index in [2.05, 4.69) is 17.3 Å². The van der Waals surface area contributed by atoms with Crippen molar-refractivity contribution in [2.75, 3.05) is 6.54 Å². The Kier molecular flexibility index (Phi) is 3.30. The average molecular weight is 223 g/mol. The van der Waals surface area contributed by atoms with E-state index in [1.165, 1.54) is 5.56 Å². The van der Waals surface area contributed by atoms with E-state index in [1.54, 1.807) is 0 Å². The minimum absolute atomic E-state index is 0.304. The molecule has 0 spiro atoms. The number of nitrogens with one attached hydrogen (secondary N) is 1. The third-order valence-electron chi connectivity index (χ3n) is 3.50. The molecule has 1 fully saturated rings. The Morgan fingerprint density at radius 3 is 2.81 bits per heavy atom. The summed E-state index contributed by atoms with van der Waals surface area (Å²) in [7, 11) is 1.93. The maximum Gasteiger partial charge on any atom is 0.0771 e. The minimum atomic E-state index is -0.449. The van der Waals surface area contributed by atoms with E-state index in [0.717, 1.165) is 25.7 Å². The van der Waals surface area contributed by atoms with Crippen LogP contribution in [0.4, 0.5) is 0 Å². The Labute approximate surface area is 96.7 Å². The van der Waals surface area contributed by atoms with Crippen molar-refractivity contribution in [1.29, 1.82) is 0 Å². The standard InChI is InChI=1S/C12H21N3O/c1-3-11(10-7-14-15(2)8-10)13-9-12(16)5-4-6-12/h7-8,11,13,16H,3-6,9H2,1-2H3. The number of hydrogen-bond donors (Lipinski definition) is 2. The molecule has 1 saturated carbocycles. The Morgan fingerprint density at radius 2 is 2.38 bits per heavy atom. The van der Waals surface area contributed by atoms with Gasteiger partial charge >= 0.3 is 0 Å². The summed E-state index contributed by atoms with van der Waals surface area (Å²) >= 11 is 0. The van der Waals surface area contributed by atoms with Gasteiger partial charge < -0.3 is 10.4 Å². The lowest BCUT2D eigenvalue weighted by atomic mass is 9.80. The van der Waals surface area contributed by atoms with Crippen LogP contribution in [0.5, 0.6) is 0 Å². The highest BCUT2D eigenvalue weighted by molar-refractivity contribution is 5.10. The van der Waals surface area contributed by atoms with E-state index in [0.29, 0.717) is 12.6 Å². The molecule has 1 aliphatic carbocycles. The van der Waals surface area contributed by atoms with E-state index >= 15 is 0 Å². The van der Waals surface area contributed by atoms with Crippen molar-refractivity contribution in [3.63, 3.8) is 0 Å². The zero-order valence-electron chi connectivity index (χ0n) is 10.1. The largest absolute Gasteiger partial charge is 0.389 e. The smallest absolute Gasteiger partial charge is 0.0771 e. The molecular formula is C12H21N3O. The SMILES string of the molecule is CCC(NCC1(O)CCC1)c1cnn(C)c1. The van der Waals surface area contributed by atoms with Crippen LogP contribution in [-0.2, 0) is 7.05 Å². The molecule has 1 aliphatic rings. The van der Waals surface area contributed by atoms with Gasteiger partial charge in [-0.15, -0.1) is 0 Å². The lowest BCUT2D eigenvalue weighted by Gasteiger charge is -2.37. The molecule has 1 atom stereocenters.